The van der Waals surface area contributed by atoms with Crippen LogP contribution in [0, 0.1) is 23.3 Å². The monoisotopic (exact) mass is 970 g/mol. The molecule has 2 atom stereocenters. The molecule has 0 saturated carbocycles. The van der Waals surface area contributed by atoms with Gasteiger partial charge in [0.1, 0.15) is 62.8 Å². The molecule has 6 aromatic heterocycles. The van der Waals surface area contributed by atoms with Crippen molar-refractivity contribution < 1.29 is 50.5 Å². The van der Waals surface area contributed by atoms with Gasteiger partial charge in [0.25, 0.3) is 12.0 Å². The first kappa shape index (κ1) is 50.6. The van der Waals surface area contributed by atoms with Crippen molar-refractivity contribution in [2.75, 3.05) is 51.8 Å². The molecule has 17 nitrogen and oxygen atoms in total. The number of esters is 1. The zero-order valence-corrected chi connectivity index (χ0v) is 40.1. The number of carbonyl (C=O) groups excluding carboxylic acids is 1. The topological polar surface area (TPSA) is 224 Å². The first-order chi connectivity index (χ1) is 33.3. The van der Waals surface area contributed by atoms with Crippen molar-refractivity contribution in [2.24, 2.45) is 0 Å². The summed E-state index contributed by atoms with van der Waals surface area (Å²) in [6.45, 7) is 11.8. The number of rotatable bonds is 18. The van der Waals surface area contributed by atoms with Gasteiger partial charge in [0.15, 0.2) is 0 Å². The first-order valence-corrected chi connectivity index (χ1v) is 22.2. The Morgan fingerprint density at radius 2 is 1.10 bits per heavy atom. The Labute approximate surface area is 399 Å². The number of fused-ring (bicyclic) bond motifs is 2. The lowest BCUT2D eigenvalue weighted by molar-refractivity contribution is -0.146. The molecule has 8 aromatic rings. The summed E-state index contributed by atoms with van der Waals surface area (Å²) >= 11 is 0. The number of nitrogens with one attached hydrogen (secondary N) is 4. The SMILES string of the molecule is COCC[C@H](C)Nc1nc2ccc(-c3nc(C(C)(C)C(=O)OC)[nH]c3-c3ccc(F)cc3F)nc2o1.COCC[C@H](C)Nc1nc2ccc(-c3nc(C(C)(C)CO)[nH]c3-c3ccc(F)cc3F)nc2o1. The highest BCUT2D eigenvalue weighted by Crippen LogP contribution is 2.37. The van der Waals surface area contributed by atoms with Crippen LogP contribution in [0.3, 0.4) is 0 Å². The maximum atomic E-state index is 14.8. The molecule has 0 aliphatic carbocycles. The van der Waals surface area contributed by atoms with E-state index >= 15 is 0 Å². The Morgan fingerprint density at radius 1 is 0.657 bits per heavy atom. The summed E-state index contributed by atoms with van der Waals surface area (Å²) in [5.74, 6) is -2.79. The number of benzene rings is 2. The number of anilines is 2. The molecule has 0 radical (unpaired) electrons. The second-order valence-electron chi connectivity index (χ2n) is 17.8. The maximum Gasteiger partial charge on any atom is 0.318 e. The smallest absolute Gasteiger partial charge is 0.318 e. The van der Waals surface area contributed by atoms with Crippen molar-refractivity contribution in [2.45, 2.75) is 77.3 Å². The summed E-state index contributed by atoms with van der Waals surface area (Å²) < 4.78 is 83.3. The van der Waals surface area contributed by atoms with Gasteiger partial charge in [0.05, 0.1) is 36.5 Å². The normalized spacial score (nSPS) is 12.8. The lowest BCUT2D eigenvalue weighted by Crippen LogP contribution is -2.31. The molecule has 0 fully saturated rings. The number of halogens is 4. The van der Waals surface area contributed by atoms with Crippen LogP contribution in [0.1, 0.15) is 66.0 Å². The molecule has 0 amide bonds. The Balaban J connectivity index is 0.000000207. The van der Waals surface area contributed by atoms with E-state index in [1.165, 1.54) is 25.3 Å². The van der Waals surface area contributed by atoms with Gasteiger partial charge in [-0.05, 0) is 89.1 Å². The van der Waals surface area contributed by atoms with Gasteiger partial charge < -0.3 is 48.8 Å². The van der Waals surface area contributed by atoms with Crippen LogP contribution in [0.15, 0.2) is 69.5 Å². The molecule has 0 bridgehead atoms. The lowest BCUT2D eigenvalue weighted by Gasteiger charge is -2.18. The van der Waals surface area contributed by atoms with Crippen LogP contribution in [0.5, 0.6) is 0 Å². The number of hydrogen-bond donors (Lipinski definition) is 5. The molecule has 0 aliphatic rings. The summed E-state index contributed by atoms with van der Waals surface area (Å²) in [4.78, 5) is 45.7. The fourth-order valence-corrected chi connectivity index (χ4v) is 7.11. The van der Waals surface area contributed by atoms with Crippen LogP contribution < -0.4 is 10.6 Å². The van der Waals surface area contributed by atoms with Crippen LogP contribution in [0.2, 0.25) is 0 Å². The van der Waals surface area contributed by atoms with E-state index in [0.717, 1.165) is 31.0 Å². The van der Waals surface area contributed by atoms with Gasteiger partial charge in [-0.25, -0.2) is 37.5 Å². The Kier molecular flexibility index (Phi) is 15.3. The van der Waals surface area contributed by atoms with Crippen molar-refractivity contribution in [3.63, 3.8) is 0 Å². The van der Waals surface area contributed by atoms with Crippen molar-refractivity contribution in [3.05, 3.63) is 95.6 Å². The van der Waals surface area contributed by atoms with Crippen LogP contribution in [-0.2, 0) is 29.8 Å². The van der Waals surface area contributed by atoms with Crippen molar-refractivity contribution in [1.29, 1.82) is 0 Å². The van der Waals surface area contributed by atoms with Gasteiger partial charge in [0, 0.05) is 68.2 Å². The van der Waals surface area contributed by atoms with Gasteiger partial charge in [0.2, 0.25) is 11.4 Å². The summed E-state index contributed by atoms with van der Waals surface area (Å²) in [5.41, 5.74) is 1.83. The standard InChI is InChI=1S/C25H27F2N5O4.C24H27F2N5O3/c1-13(10-11-34-4)28-24-30-18-9-8-17(29-21(18)36-24)20-19(15-7-6-14(26)12-16(15)27)31-22(32-20)25(2,3)23(33)35-5;1-13(9-10-33-4)27-23-29-18-8-7-17(28-21(18)34-23)20-19(15-6-5-14(25)11-16(15)26)30-22(31-20)24(2,3)12-32/h6-9,12-13H,10-11H2,1-5H3,(H,28,30)(H,31,32);5-8,11,13,32H,9-10,12H2,1-4H3,(H,27,29)(H,30,31)/t2*13-/m00/s1. The van der Waals surface area contributed by atoms with Crippen LogP contribution in [-0.4, -0.2) is 104 Å². The number of ether oxygens (including phenoxy) is 3. The molecule has 0 aliphatic heterocycles. The number of oxazole rings is 2. The average molecular weight is 971 g/mol. The molecule has 70 heavy (non-hydrogen) atoms. The number of pyridine rings is 2. The summed E-state index contributed by atoms with van der Waals surface area (Å²) in [5, 5.41) is 16.1. The van der Waals surface area contributed by atoms with Crippen molar-refractivity contribution >= 4 is 40.5 Å². The van der Waals surface area contributed by atoms with Gasteiger partial charge in [-0.3, -0.25) is 4.79 Å². The predicted molar refractivity (Wildman–Crippen MR) is 254 cm³/mol. The summed E-state index contributed by atoms with van der Waals surface area (Å²) in [7, 11) is 4.55. The van der Waals surface area contributed by atoms with E-state index in [4.69, 9.17) is 23.0 Å². The van der Waals surface area contributed by atoms with Gasteiger partial charge in [-0.1, -0.05) is 13.8 Å². The van der Waals surface area contributed by atoms with Crippen LogP contribution in [0.25, 0.3) is 67.8 Å². The molecule has 6 heterocycles. The number of methoxy groups -OCH3 is 3. The molecular weight excluding hydrogens is 917 g/mol. The summed E-state index contributed by atoms with van der Waals surface area (Å²) in [6, 6.07) is 14.1. The number of nitrogens with zero attached hydrogens (tertiary/aromatic N) is 6. The molecule has 0 saturated heterocycles. The first-order valence-electron chi connectivity index (χ1n) is 22.2. The molecule has 2 aromatic carbocycles. The second kappa shape index (κ2) is 21.2. The zero-order valence-electron chi connectivity index (χ0n) is 40.1. The van der Waals surface area contributed by atoms with E-state index in [0.29, 0.717) is 64.9 Å². The van der Waals surface area contributed by atoms with E-state index < -0.39 is 40.1 Å². The predicted octanol–water partition coefficient (Wildman–Crippen LogP) is 9.51. The van der Waals surface area contributed by atoms with Crippen molar-refractivity contribution in [3.8, 4) is 45.3 Å². The second-order valence-corrected chi connectivity index (χ2v) is 17.8. The molecule has 5 N–H and O–H groups in total. The Hall–Kier alpha value is -7.23. The Morgan fingerprint density at radius 3 is 1.51 bits per heavy atom. The molecular formula is C49H54F4N10O7. The van der Waals surface area contributed by atoms with Crippen LogP contribution >= 0.6 is 0 Å². The van der Waals surface area contributed by atoms with E-state index in [1.54, 1.807) is 66.2 Å². The van der Waals surface area contributed by atoms with E-state index in [9.17, 15) is 27.5 Å². The summed E-state index contributed by atoms with van der Waals surface area (Å²) in [6.07, 6.45) is 1.53. The number of imidazole rings is 2. The number of aliphatic hydroxyl groups excluding tert-OH is 1. The number of aromatic amines is 2. The van der Waals surface area contributed by atoms with Gasteiger partial charge in [-0.2, -0.15) is 9.97 Å². The van der Waals surface area contributed by atoms with Gasteiger partial charge in [-0.15, -0.1) is 0 Å². The van der Waals surface area contributed by atoms with Gasteiger partial charge >= 0.3 is 5.97 Å². The molecule has 8 rings (SSSR count). The van der Waals surface area contributed by atoms with Crippen LogP contribution in [0.4, 0.5) is 29.6 Å². The van der Waals surface area contributed by atoms with E-state index in [-0.39, 0.29) is 58.5 Å². The largest absolute Gasteiger partial charge is 0.468 e. The minimum atomic E-state index is -1.18. The minimum Gasteiger partial charge on any atom is -0.468 e. The third-order valence-corrected chi connectivity index (χ3v) is 11.4. The lowest BCUT2D eigenvalue weighted by atomic mass is 9.93. The van der Waals surface area contributed by atoms with Crippen molar-refractivity contribution in [1.82, 2.24) is 39.9 Å². The molecule has 21 heteroatoms. The maximum absolute atomic E-state index is 14.8. The minimum absolute atomic E-state index is 0.0555. The molecule has 0 unspecified atom stereocenters. The number of H-pyrrole nitrogens is 2. The highest BCUT2D eigenvalue weighted by molar-refractivity contribution is 5.85. The zero-order chi connectivity index (χ0) is 50.5. The number of aromatic nitrogens is 8. The van der Waals surface area contributed by atoms with E-state index in [2.05, 4.69) is 50.5 Å². The number of aliphatic hydroxyl groups is 1. The third-order valence-electron chi connectivity index (χ3n) is 11.4. The fraction of sp³-hybridized carbons (Fsp3) is 0.367. The van der Waals surface area contributed by atoms with E-state index in [1.807, 2.05) is 13.8 Å². The number of carbonyl (C=O) groups is 1. The highest BCUT2D eigenvalue weighted by Gasteiger charge is 2.36. The fourth-order valence-electron chi connectivity index (χ4n) is 7.11. The molecule has 0 spiro atoms. The molecule has 370 valence electrons. The highest BCUT2D eigenvalue weighted by atomic mass is 19.1. The Bertz CT molecular complexity index is 3110. The third kappa shape index (κ3) is 11.1. The average Bonchev–Trinajstić information content (AvgIpc) is 4.15. The number of hydrogen-bond acceptors (Lipinski definition) is 15. The quantitative estimate of drug-likeness (QED) is 0.0399.